The van der Waals surface area contributed by atoms with Crippen molar-refractivity contribution in [2.24, 2.45) is 0 Å². The van der Waals surface area contributed by atoms with E-state index in [9.17, 15) is 19.2 Å². The van der Waals surface area contributed by atoms with Gasteiger partial charge in [0.25, 0.3) is 0 Å². The number of carbonyl (C=O) groups excluding carboxylic acids is 2. The summed E-state index contributed by atoms with van der Waals surface area (Å²) in [4.78, 5) is 41.8. The smallest absolute Gasteiger partial charge is 0.412 e. The molecule has 4 fully saturated rings. The predicted octanol–water partition coefficient (Wildman–Crippen LogP) is 3.74. The van der Waals surface area contributed by atoms with E-state index in [1.165, 1.54) is 11.3 Å². The summed E-state index contributed by atoms with van der Waals surface area (Å²) < 4.78 is 26.2. The summed E-state index contributed by atoms with van der Waals surface area (Å²) in [7, 11) is 0. The van der Waals surface area contributed by atoms with Crippen molar-refractivity contribution in [3.05, 3.63) is 22.1 Å². The zero-order valence-corrected chi connectivity index (χ0v) is 27.5. The second-order valence-electron chi connectivity index (χ2n) is 14.3. The van der Waals surface area contributed by atoms with E-state index in [1.807, 2.05) is 11.0 Å². The molecule has 0 aromatic carbocycles. The number of halogens is 1. The number of thiophene rings is 1. The Balaban J connectivity index is 1.14. The van der Waals surface area contributed by atoms with Gasteiger partial charge in [0.15, 0.2) is 0 Å². The summed E-state index contributed by atoms with van der Waals surface area (Å²) >= 11 is 1.47. The highest BCUT2D eigenvalue weighted by Gasteiger charge is 2.51. The molecule has 4 saturated heterocycles. The van der Waals surface area contributed by atoms with Gasteiger partial charge in [-0.1, -0.05) is 0 Å². The number of rotatable bonds is 6. The van der Waals surface area contributed by atoms with Gasteiger partial charge < -0.3 is 24.6 Å². The van der Waals surface area contributed by atoms with E-state index in [0.29, 0.717) is 68.0 Å². The van der Waals surface area contributed by atoms with Gasteiger partial charge >= 0.3 is 12.1 Å². The van der Waals surface area contributed by atoms with E-state index >= 15 is 0 Å². The molecule has 5 aliphatic rings. The Morgan fingerprint density at radius 3 is 2.74 bits per heavy atom. The Kier molecular flexibility index (Phi) is 7.75. The van der Waals surface area contributed by atoms with Crippen LogP contribution in [-0.2, 0) is 21.4 Å². The van der Waals surface area contributed by atoms with Gasteiger partial charge in [-0.25, -0.2) is 9.18 Å². The monoisotopic (exact) mass is 652 g/mol. The van der Waals surface area contributed by atoms with Crippen LogP contribution >= 0.6 is 11.3 Å². The lowest BCUT2D eigenvalue weighted by Crippen LogP contribution is -2.61. The van der Waals surface area contributed by atoms with E-state index in [4.69, 9.17) is 19.4 Å². The Morgan fingerprint density at radius 1 is 1.22 bits per heavy atom. The third-order valence-corrected chi connectivity index (χ3v) is 11.0. The van der Waals surface area contributed by atoms with Crippen LogP contribution in [0.25, 0.3) is 0 Å². The Bertz CT molecular complexity index is 1580. The van der Waals surface area contributed by atoms with Gasteiger partial charge in [-0.3, -0.25) is 15.0 Å². The number of nitriles is 1. The zero-order valence-electron chi connectivity index (χ0n) is 26.7. The van der Waals surface area contributed by atoms with Gasteiger partial charge in [0.05, 0.1) is 17.6 Å². The molecule has 2 aromatic rings. The topological polar surface area (TPSA) is 136 Å². The van der Waals surface area contributed by atoms with Crippen molar-refractivity contribution >= 4 is 40.0 Å². The first kappa shape index (κ1) is 30.9. The number of amides is 2. The van der Waals surface area contributed by atoms with Gasteiger partial charge in [-0.15, -0.1) is 11.3 Å². The number of aryl methyl sites for hydroxylation is 1. The van der Waals surface area contributed by atoms with Crippen LogP contribution in [0.3, 0.4) is 0 Å². The van der Waals surface area contributed by atoms with Crippen molar-refractivity contribution < 1.29 is 23.5 Å². The highest BCUT2D eigenvalue weighted by atomic mass is 32.1. The standard InChI is InChI=1S/C32H41FN8O4S/c1-30(2,3)45-29(43)38-27-21(14-34)26-22(46-27)6-4-7-31(26)17-40(18-31)24-12-23(39-11-9-35-25(42)16-39)36-28(37-24)44-19-32-8-5-10-41(32)15-20(33)13-32/h12,20H,4-11,13,15-19H2,1-3H3,(H,35,42)(H,38,43)/t20-,32+/m1/s1. The van der Waals surface area contributed by atoms with Gasteiger partial charge in [-0.2, -0.15) is 15.2 Å². The largest absolute Gasteiger partial charge is 0.461 e. The highest BCUT2D eigenvalue weighted by Crippen LogP contribution is 2.51. The Morgan fingerprint density at radius 2 is 2.00 bits per heavy atom. The van der Waals surface area contributed by atoms with Crippen LogP contribution in [0.15, 0.2) is 6.07 Å². The van der Waals surface area contributed by atoms with Crippen molar-refractivity contribution in [3.8, 4) is 12.1 Å². The number of fused-ring (bicyclic) bond motifs is 3. The van der Waals surface area contributed by atoms with E-state index in [1.54, 1.807) is 20.8 Å². The van der Waals surface area contributed by atoms with Crippen LogP contribution in [0.4, 0.5) is 25.8 Å². The highest BCUT2D eigenvalue weighted by molar-refractivity contribution is 7.16. The summed E-state index contributed by atoms with van der Waals surface area (Å²) in [5, 5.41) is 16.5. The third kappa shape index (κ3) is 5.72. The van der Waals surface area contributed by atoms with Crippen LogP contribution in [0, 0.1) is 11.3 Å². The number of nitrogens with one attached hydrogen (secondary N) is 2. The lowest BCUT2D eigenvalue weighted by Gasteiger charge is -2.53. The normalized spacial score (nSPS) is 25.4. The molecule has 2 amide bonds. The second-order valence-corrected chi connectivity index (χ2v) is 15.4. The minimum atomic E-state index is -0.855. The molecule has 14 heteroatoms. The maximum atomic E-state index is 14.4. The first-order valence-electron chi connectivity index (χ1n) is 16.2. The summed E-state index contributed by atoms with van der Waals surface area (Å²) in [6.45, 7) is 9.68. The quantitative estimate of drug-likeness (QED) is 0.475. The SMILES string of the molecule is CC(C)(C)OC(=O)Nc1sc2c(c1C#N)C1(CCC2)CN(c2cc(N3CCNC(=O)C3)nc(OC[C@@]34CCCN3C[C@H](F)C4)n2)C1. The molecular weight excluding hydrogens is 611 g/mol. The van der Waals surface area contributed by atoms with Crippen LogP contribution in [-0.4, -0.2) is 96.6 Å². The van der Waals surface area contributed by atoms with Crippen molar-refractivity contribution in [3.63, 3.8) is 0 Å². The van der Waals surface area contributed by atoms with E-state index in [-0.39, 0.29) is 29.4 Å². The van der Waals surface area contributed by atoms with Crippen molar-refractivity contribution in [2.75, 3.05) is 67.5 Å². The average Bonchev–Trinajstić information content (AvgIpc) is 3.62. The number of aromatic nitrogens is 2. The molecule has 0 unspecified atom stereocenters. The first-order chi connectivity index (χ1) is 22.0. The molecule has 0 radical (unpaired) electrons. The number of hydrogen-bond acceptors (Lipinski definition) is 11. The van der Waals surface area contributed by atoms with Gasteiger partial charge in [0.1, 0.15) is 41.1 Å². The fourth-order valence-corrected chi connectivity index (χ4v) is 9.25. The molecule has 246 valence electrons. The number of hydrogen-bond donors (Lipinski definition) is 2. The maximum absolute atomic E-state index is 14.4. The molecule has 46 heavy (non-hydrogen) atoms. The number of ether oxygens (including phenoxy) is 2. The molecule has 4 aliphatic heterocycles. The molecule has 2 N–H and O–H groups in total. The summed E-state index contributed by atoms with van der Waals surface area (Å²) in [5.74, 6) is 1.25. The molecule has 1 aliphatic carbocycles. The van der Waals surface area contributed by atoms with E-state index in [2.05, 4.69) is 26.5 Å². The van der Waals surface area contributed by atoms with Crippen LogP contribution < -0.4 is 25.2 Å². The number of carbonyl (C=O) groups is 2. The third-order valence-electron chi connectivity index (χ3n) is 9.88. The maximum Gasteiger partial charge on any atom is 0.412 e. The zero-order chi connectivity index (χ0) is 32.3. The van der Waals surface area contributed by atoms with Crippen LogP contribution in [0.2, 0.25) is 0 Å². The van der Waals surface area contributed by atoms with E-state index in [0.717, 1.165) is 49.1 Å². The minimum Gasteiger partial charge on any atom is -0.461 e. The van der Waals surface area contributed by atoms with Gasteiger partial charge in [0.2, 0.25) is 5.91 Å². The lowest BCUT2D eigenvalue weighted by molar-refractivity contribution is -0.120. The molecular formula is C32H41FN8O4S. The summed E-state index contributed by atoms with van der Waals surface area (Å²) in [6, 6.07) is 4.51. The number of nitrogens with zero attached hydrogens (tertiary/aromatic N) is 6. The van der Waals surface area contributed by atoms with Crippen molar-refractivity contribution in [2.45, 2.75) is 82.0 Å². The fraction of sp³-hybridized carbons (Fsp3) is 0.656. The average molecular weight is 653 g/mol. The molecule has 12 nitrogen and oxygen atoms in total. The molecule has 1 spiro atoms. The molecule has 0 bridgehead atoms. The number of anilines is 3. The predicted molar refractivity (Wildman–Crippen MR) is 172 cm³/mol. The Hall–Kier alpha value is -3.70. The molecule has 2 atom stereocenters. The summed E-state index contributed by atoms with van der Waals surface area (Å²) in [5.41, 5.74) is 0.308. The first-order valence-corrected chi connectivity index (χ1v) is 17.0. The summed E-state index contributed by atoms with van der Waals surface area (Å²) in [6.07, 6.45) is 3.70. The second kappa shape index (κ2) is 11.5. The molecule has 6 heterocycles. The Labute approximate surface area is 272 Å². The van der Waals surface area contributed by atoms with Gasteiger partial charge in [-0.05, 0) is 65.0 Å². The lowest BCUT2D eigenvalue weighted by atomic mass is 9.66. The molecule has 0 saturated carbocycles. The van der Waals surface area contributed by atoms with E-state index < -0.39 is 17.9 Å². The number of piperazine rings is 1. The van der Waals surface area contributed by atoms with Crippen molar-refractivity contribution in [1.29, 1.82) is 5.26 Å². The van der Waals surface area contributed by atoms with Crippen LogP contribution in [0.1, 0.15) is 68.9 Å². The van der Waals surface area contributed by atoms with Crippen LogP contribution in [0.5, 0.6) is 6.01 Å². The molecule has 2 aromatic heterocycles. The van der Waals surface area contributed by atoms with Gasteiger partial charge in [0, 0.05) is 55.5 Å². The number of alkyl halides is 1. The fourth-order valence-electron chi connectivity index (χ4n) is 7.95. The molecule has 7 rings (SSSR count). The minimum absolute atomic E-state index is 0.0655. The van der Waals surface area contributed by atoms with Crippen molar-refractivity contribution in [1.82, 2.24) is 20.2 Å².